The lowest BCUT2D eigenvalue weighted by molar-refractivity contribution is -0.0502. The second kappa shape index (κ2) is 9.04. The Morgan fingerprint density at radius 1 is 1.10 bits per heavy atom. The minimum atomic E-state index is 0.220. The molecule has 0 amide bonds. The number of rotatable bonds is 4. The molecule has 2 unspecified atom stereocenters. The lowest BCUT2D eigenvalue weighted by Gasteiger charge is -2.36. The number of ether oxygens (including phenoxy) is 1. The van der Waals surface area contributed by atoms with Crippen molar-refractivity contribution in [3.05, 3.63) is 78.0 Å². The molecule has 2 fully saturated rings. The van der Waals surface area contributed by atoms with Crippen LogP contribution >= 0.6 is 0 Å². The van der Waals surface area contributed by atoms with Gasteiger partial charge in [-0.2, -0.15) is 0 Å². The van der Waals surface area contributed by atoms with E-state index in [-0.39, 0.29) is 6.10 Å². The Labute approximate surface area is 183 Å². The van der Waals surface area contributed by atoms with Crippen molar-refractivity contribution < 1.29 is 4.74 Å². The molecule has 0 saturated carbocycles. The van der Waals surface area contributed by atoms with Crippen LogP contribution in [-0.2, 0) is 17.8 Å². The predicted octanol–water partition coefficient (Wildman–Crippen LogP) is 2.90. The van der Waals surface area contributed by atoms with Crippen molar-refractivity contribution in [2.75, 3.05) is 33.3 Å². The summed E-state index contributed by atoms with van der Waals surface area (Å²) < 4.78 is 6.14. The minimum absolute atomic E-state index is 0.220. The van der Waals surface area contributed by atoms with E-state index in [1.807, 2.05) is 19.3 Å². The molecule has 2 aliphatic rings. The molecule has 1 N–H and O–H groups in total. The number of aliphatic imine (C=N–C) groups is 1. The molecule has 0 spiro atoms. The Kier molecular flexibility index (Phi) is 5.82. The number of nitrogens with zero attached hydrogens (tertiary/aromatic N) is 4. The highest BCUT2D eigenvalue weighted by Gasteiger charge is 2.41. The molecule has 31 heavy (non-hydrogen) atoms. The molecule has 160 valence electrons. The Hall–Kier alpha value is -2.96. The summed E-state index contributed by atoms with van der Waals surface area (Å²) in [5.41, 5.74) is 3.60. The number of likely N-dealkylation sites (tertiary alicyclic amines) is 1. The number of hydrogen-bond acceptors (Lipinski definition) is 4. The van der Waals surface area contributed by atoms with Gasteiger partial charge in [-0.15, -0.1) is 0 Å². The van der Waals surface area contributed by atoms with Crippen LogP contribution in [0.1, 0.15) is 11.1 Å². The zero-order valence-corrected chi connectivity index (χ0v) is 17.9. The number of pyridine rings is 1. The average Bonchev–Trinajstić information content (AvgIpc) is 3.25. The molecule has 0 aliphatic carbocycles. The van der Waals surface area contributed by atoms with E-state index in [4.69, 9.17) is 4.74 Å². The maximum absolute atomic E-state index is 6.14. The van der Waals surface area contributed by atoms with Crippen molar-refractivity contribution >= 4 is 16.9 Å². The first kappa shape index (κ1) is 20.0. The fraction of sp³-hybridized carbons (Fsp3) is 0.360. The molecule has 3 aromatic rings. The highest BCUT2D eigenvalue weighted by molar-refractivity contribution is 5.84. The van der Waals surface area contributed by atoms with Gasteiger partial charge in [0.2, 0.25) is 0 Å². The number of aromatic nitrogens is 1. The Bertz CT molecular complexity index is 1050. The van der Waals surface area contributed by atoms with Gasteiger partial charge < -0.3 is 15.0 Å². The fourth-order valence-corrected chi connectivity index (χ4v) is 4.76. The molecule has 2 atom stereocenters. The molecule has 0 radical (unpaired) electrons. The number of guanidine groups is 1. The van der Waals surface area contributed by atoms with Crippen LogP contribution in [-0.4, -0.2) is 66.2 Å². The minimum Gasteiger partial charge on any atom is -0.373 e. The molecular weight excluding hydrogens is 386 g/mol. The summed E-state index contributed by atoms with van der Waals surface area (Å²) in [6.45, 7) is 5.24. The number of morpholine rings is 1. The lowest BCUT2D eigenvalue weighted by atomic mass is 10.1. The molecule has 2 saturated heterocycles. The van der Waals surface area contributed by atoms with Gasteiger partial charge in [0.05, 0.1) is 24.3 Å². The highest BCUT2D eigenvalue weighted by Crippen LogP contribution is 2.25. The van der Waals surface area contributed by atoms with Gasteiger partial charge in [-0.3, -0.25) is 14.9 Å². The smallest absolute Gasteiger partial charge is 0.194 e. The lowest BCUT2D eigenvalue weighted by Crippen LogP contribution is -2.50. The van der Waals surface area contributed by atoms with Gasteiger partial charge in [0.15, 0.2) is 5.96 Å². The third-order valence-electron chi connectivity index (χ3n) is 6.33. The summed E-state index contributed by atoms with van der Waals surface area (Å²) in [5.74, 6) is 0.929. The van der Waals surface area contributed by atoms with Crippen LogP contribution in [0.2, 0.25) is 0 Å². The summed E-state index contributed by atoms with van der Waals surface area (Å²) in [7, 11) is 1.86. The molecule has 1 aromatic heterocycles. The zero-order valence-electron chi connectivity index (χ0n) is 17.9. The summed E-state index contributed by atoms with van der Waals surface area (Å²) in [4.78, 5) is 13.9. The average molecular weight is 416 g/mol. The van der Waals surface area contributed by atoms with Gasteiger partial charge in [-0.05, 0) is 23.3 Å². The van der Waals surface area contributed by atoms with Crippen LogP contribution in [0.3, 0.4) is 0 Å². The van der Waals surface area contributed by atoms with Crippen molar-refractivity contribution in [2.45, 2.75) is 25.2 Å². The van der Waals surface area contributed by atoms with E-state index in [0.717, 1.165) is 50.8 Å². The molecule has 6 nitrogen and oxygen atoms in total. The van der Waals surface area contributed by atoms with Gasteiger partial charge in [-0.25, -0.2) is 0 Å². The fourth-order valence-electron chi connectivity index (χ4n) is 4.76. The number of benzene rings is 2. The normalized spacial score (nSPS) is 22.0. The van der Waals surface area contributed by atoms with E-state index < -0.39 is 0 Å². The van der Waals surface area contributed by atoms with E-state index in [1.54, 1.807) is 0 Å². The first-order valence-electron chi connectivity index (χ1n) is 11.0. The number of nitrogens with one attached hydrogen (secondary N) is 1. The SMILES string of the molecule is CN=C(NCc1ccnc2ccccc12)N1CC2OCCN(Cc3ccccc3)C2C1. The molecule has 5 rings (SSSR count). The van der Waals surface area contributed by atoms with E-state index in [0.29, 0.717) is 6.04 Å². The van der Waals surface area contributed by atoms with Gasteiger partial charge in [0.25, 0.3) is 0 Å². The van der Waals surface area contributed by atoms with Crippen LogP contribution in [0.25, 0.3) is 10.9 Å². The van der Waals surface area contributed by atoms with E-state index in [9.17, 15) is 0 Å². The maximum Gasteiger partial charge on any atom is 0.194 e. The molecule has 0 bridgehead atoms. The number of hydrogen-bond donors (Lipinski definition) is 1. The van der Waals surface area contributed by atoms with Crippen LogP contribution < -0.4 is 5.32 Å². The summed E-state index contributed by atoms with van der Waals surface area (Å²) in [5, 5.41) is 4.75. The van der Waals surface area contributed by atoms with Crippen molar-refractivity contribution in [3.8, 4) is 0 Å². The zero-order chi connectivity index (χ0) is 21.0. The largest absolute Gasteiger partial charge is 0.373 e. The second-order valence-corrected chi connectivity index (χ2v) is 8.23. The van der Waals surface area contributed by atoms with Crippen LogP contribution in [0.15, 0.2) is 71.9 Å². The third kappa shape index (κ3) is 4.27. The van der Waals surface area contributed by atoms with Crippen molar-refractivity contribution in [1.82, 2.24) is 20.1 Å². The second-order valence-electron chi connectivity index (χ2n) is 8.23. The topological polar surface area (TPSA) is 53.0 Å². The summed E-state index contributed by atoms with van der Waals surface area (Å²) >= 11 is 0. The molecule has 2 aliphatic heterocycles. The molecular formula is C25H29N5O. The first-order chi connectivity index (χ1) is 15.3. The predicted molar refractivity (Wildman–Crippen MR) is 124 cm³/mol. The monoisotopic (exact) mass is 415 g/mol. The van der Waals surface area contributed by atoms with Crippen LogP contribution in [0, 0.1) is 0 Å². The van der Waals surface area contributed by atoms with E-state index >= 15 is 0 Å². The van der Waals surface area contributed by atoms with Crippen molar-refractivity contribution in [2.24, 2.45) is 4.99 Å². The summed E-state index contributed by atoms with van der Waals surface area (Å²) in [6, 6.07) is 21.4. The third-order valence-corrected chi connectivity index (χ3v) is 6.33. The van der Waals surface area contributed by atoms with Gasteiger partial charge in [0.1, 0.15) is 0 Å². The first-order valence-corrected chi connectivity index (χ1v) is 11.0. The number of fused-ring (bicyclic) bond motifs is 2. The van der Waals surface area contributed by atoms with Crippen LogP contribution in [0.5, 0.6) is 0 Å². The maximum atomic E-state index is 6.14. The van der Waals surface area contributed by atoms with Gasteiger partial charge >= 0.3 is 0 Å². The molecule has 6 heteroatoms. The van der Waals surface area contributed by atoms with Gasteiger partial charge in [-0.1, -0.05) is 48.5 Å². The van der Waals surface area contributed by atoms with Gasteiger partial charge in [0, 0.05) is 51.4 Å². The highest BCUT2D eigenvalue weighted by atomic mass is 16.5. The Morgan fingerprint density at radius 3 is 2.81 bits per heavy atom. The van der Waals surface area contributed by atoms with Crippen molar-refractivity contribution in [3.63, 3.8) is 0 Å². The van der Waals surface area contributed by atoms with Crippen LogP contribution in [0.4, 0.5) is 0 Å². The van der Waals surface area contributed by atoms with E-state index in [1.165, 1.54) is 16.5 Å². The quantitative estimate of drug-likeness (QED) is 0.525. The standard InChI is InChI=1S/C25H29N5O/c1-26-25(28-15-20-11-12-27-22-10-6-5-9-21(20)22)30-17-23-24(18-30)31-14-13-29(23)16-19-7-3-2-4-8-19/h2-12,23-24H,13-18H2,1H3,(H,26,28). The Balaban J connectivity index is 1.26. The molecule has 3 heterocycles. The van der Waals surface area contributed by atoms with Crippen molar-refractivity contribution in [1.29, 1.82) is 0 Å². The molecule has 2 aromatic carbocycles. The Morgan fingerprint density at radius 2 is 1.94 bits per heavy atom. The van der Waals surface area contributed by atoms with E-state index in [2.05, 4.69) is 79.7 Å². The number of para-hydroxylation sites is 1. The summed E-state index contributed by atoms with van der Waals surface area (Å²) in [6.07, 6.45) is 2.10.